The molecule has 8 heteroatoms. The monoisotopic (exact) mass is 436 g/mol. The van der Waals surface area contributed by atoms with E-state index in [-0.39, 0.29) is 0 Å². The number of rotatable bonds is 2. The van der Waals surface area contributed by atoms with E-state index in [0.717, 1.165) is 71.9 Å². The molecule has 7 nitrogen and oxygen atoms in total. The van der Waals surface area contributed by atoms with E-state index in [4.69, 9.17) is 26.3 Å². The van der Waals surface area contributed by atoms with Crippen LogP contribution in [0.2, 0.25) is 5.02 Å². The predicted molar refractivity (Wildman–Crippen MR) is 122 cm³/mol. The van der Waals surface area contributed by atoms with Crippen molar-refractivity contribution in [2.75, 3.05) is 24.6 Å². The molecule has 1 aromatic carbocycles. The first-order valence-electron chi connectivity index (χ1n) is 10.9. The SMILES string of the molecule is Cc1nc(N2CCC3(CC2)CO[C@@H](C)C3)n2ccnc2c1-c1cc(Cl)c2cn[nH]c2c1. The van der Waals surface area contributed by atoms with Gasteiger partial charge >= 0.3 is 0 Å². The number of nitrogens with zero attached hydrogens (tertiary/aromatic N) is 5. The highest BCUT2D eigenvalue weighted by Gasteiger charge is 2.41. The molecular weight excluding hydrogens is 412 g/mol. The molecule has 0 amide bonds. The molecule has 3 aromatic heterocycles. The van der Waals surface area contributed by atoms with Crippen molar-refractivity contribution in [3.8, 4) is 11.1 Å². The maximum atomic E-state index is 6.53. The largest absolute Gasteiger partial charge is 0.378 e. The number of aryl methyl sites for hydroxylation is 1. The number of imidazole rings is 1. The lowest BCUT2D eigenvalue weighted by atomic mass is 9.77. The molecule has 2 aliphatic heterocycles. The van der Waals surface area contributed by atoms with Gasteiger partial charge in [0, 0.05) is 36.4 Å². The van der Waals surface area contributed by atoms with Gasteiger partial charge in [-0.2, -0.15) is 5.10 Å². The van der Waals surface area contributed by atoms with Crippen molar-refractivity contribution in [1.82, 2.24) is 24.6 Å². The van der Waals surface area contributed by atoms with Crippen molar-refractivity contribution in [2.45, 2.75) is 39.2 Å². The number of anilines is 1. The van der Waals surface area contributed by atoms with E-state index in [9.17, 15) is 0 Å². The Morgan fingerprint density at radius 1 is 1.26 bits per heavy atom. The first kappa shape index (κ1) is 19.1. The summed E-state index contributed by atoms with van der Waals surface area (Å²) in [6.07, 6.45) is 9.43. The standard InChI is InChI=1S/C23H25ClN6O/c1-14-11-23(13-31-14)3-6-29(7-4-23)22-27-15(2)20(21-25-5-8-30(21)22)16-9-18(24)17-12-26-28-19(17)10-16/h5,8-10,12,14H,3-4,6-7,11,13H2,1-2H3,(H,26,28)/t14-/m0/s1. The summed E-state index contributed by atoms with van der Waals surface area (Å²) in [5.74, 6) is 0.962. The summed E-state index contributed by atoms with van der Waals surface area (Å²) in [6.45, 7) is 7.11. The van der Waals surface area contributed by atoms with Crippen molar-refractivity contribution < 1.29 is 4.74 Å². The van der Waals surface area contributed by atoms with Gasteiger partial charge in [0.2, 0.25) is 5.95 Å². The summed E-state index contributed by atoms with van der Waals surface area (Å²) >= 11 is 6.53. The van der Waals surface area contributed by atoms with Crippen LogP contribution in [0.3, 0.4) is 0 Å². The highest BCUT2D eigenvalue weighted by molar-refractivity contribution is 6.35. The second kappa shape index (κ2) is 6.93. The summed E-state index contributed by atoms with van der Waals surface area (Å²) in [6, 6.07) is 4.04. The molecule has 2 saturated heterocycles. The third-order valence-electron chi connectivity index (χ3n) is 7.01. The number of fused-ring (bicyclic) bond motifs is 2. The molecule has 2 aliphatic rings. The van der Waals surface area contributed by atoms with E-state index in [1.165, 1.54) is 6.42 Å². The van der Waals surface area contributed by atoms with Gasteiger partial charge in [0.05, 0.1) is 35.1 Å². The molecule has 1 spiro atoms. The minimum atomic E-state index is 0.342. The van der Waals surface area contributed by atoms with Crippen LogP contribution in [0.4, 0.5) is 5.95 Å². The topological polar surface area (TPSA) is 71.3 Å². The van der Waals surface area contributed by atoms with E-state index in [0.29, 0.717) is 16.5 Å². The maximum absolute atomic E-state index is 6.53. The molecule has 0 radical (unpaired) electrons. The minimum Gasteiger partial charge on any atom is -0.378 e. The zero-order valence-corrected chi connectivity index (χ0v) is 18.5. The summed E-state index contributed by atoms with van der Waals surface area (Å²) in [5.41, 5.74) is 5.08. The van der Waals surface area contributed by atoms with Crippen molar-refractivity contribution >= 4 is 34.1 Å². The van der Waals surface area contributed by atoms with Gasteiger partial charge < -0.3 is 9.64 Å². The fourth-order valence-electron chi connectivity index (χ4n) is 5.36. The van der Waals surface area contributed by atoms with Gasteiger partial charge in [0.15, 0.2) is 0 Å². The maximum Gasteiger partial charge on any atom is 0.211 e. The Labute approximate surface area is 185 Å². The number of ether oxygens (including phenoxy) is 1. The molecule has 0 saturated carbocycles. The van der Waals surface area contributed by atoms with Crippen LogP contribution in [0.25, 0.3) is 27.7 Å². The molecule has 31 heavy (non-hydrogen) atoms. The van der Waals surface area contributed by atoms with Crippen LogP contribution < -0.4 is 4.90 Å². The highest BCUT2D eigenvalue weighted by atomic mass is 35.5. The van der Waals surface area contributed by atoms with Gasteiger partial charge in [-0.25, -0.2) is 9.97 Å². The number of halogens is 1. The molecule has 1 N–H and O–H groups in total. The number of H-pyrrole nitrogens is 1. The Hall–Kier alpha value is -2.64. The predicted octanol–water partition coefficient (Wildman–Crippen LogP) is 4.63. The zero-order valence-electron chi connectivity index (χ0n) is 17.7. The van der Waals surface area contributed by atoms with Crippen LogP contribution in [0.15, 0.2) is 30.7 Å². The summed E-state index contributed by atoms with van der Waals surface area (Å²) in [5, 5.41) is 8.73. The number of aromatic nitrogens is 5. The normalized spacial score (nSPS) is 21.0. The first-order chi connectivity index (χ1) is 15.0. The minimum absolute atomic E-state index is 0.342. The Balaban J connectivity index is 1.40. The molecule has 0 unspecified atom stereocenters. The van der Waals surface area contributed by atoms with Gasteiger partial charge in [0.1, 0.15) is 5.65 Å². The van der Waals surface area contributed by atoms with Crippen molar-refractivity contribution in [3.05, 3.63) is 41.4 Å². The average molecular weight is 437 g/mol. The molecule has 0 aliphatic carbocycles. The number of nitrogens with one attached hydrogen (secondary N) is 1. The Bertz CT molecular complexity index is 1290. The fourth-order valence-corrected chi connectivity index (χ4v) is 5.63. The third-order valence-corrected chi connectivity index (χ3v) is 7.32. The van der Waals surface area contributed by atoms with Crippen molar-refractivity contribution in [3.63, 3.8) is 0 Å². The zero-order chi connectivity index (χ0) is 21.2. The van der Waals surface area contributed by atoms with Crippen LogP contribution >= 0.6 is 11.6 Å². The Morgan fingerprint density at radius 2 is 2.10 bits per heavy atom. The number of hydrogen-bond donors (Lipinski definition) is 1. The molecule has 5 heterocycles. The van der Waals surface area contributed by atoms with Crippen LogP contribution in [0, 0.1) is 12.3 Å². The smallest absolute Gasteiger partial charge is 0.211 e. The van der Waals surface area contributed by atoms with E-state index in [1.54, 1.807) is 6.20 Å². The summed E-state index contributed by atoms with van der Waals surface area (Å²) in [7, 11) is 0. The first-order valence-corrected chi connectivity index (χ1v) is 11.2. The molecule has 6 rings (SSSR count). The van der Waals surface area contributed by atoms with Gasteiger partial charge in [-0.3, -0.25) is 9.50 Å². The van der Waals surface area contributed by atoms with Crippen LogP contribution in [0.1, 0.15) is 31.9 Å². The number of hydrogen-bond acceptors (Lipinski definition) is 5. The molecular formula is C23H25ClN6O. The number of aromatic amines is 1. The van der Waals surface area contributed by atoms with E-state index in [2.05, 4.69) is 39.4 Å². The lowest BCUT2D eigenvalue weighted by molar-refractivity contribution is 0.0975. The number of benzene rings is 1. The molecule has 2 fully saturated rings. The Morgan fingerprint density at radius 3 is 2.87 bits per heavy atom. The van der Waals surface area contributed by atoms with Gasteiger partial charge in [0.25, 0.3) is 0 Å². The van der Waals surface area contributed by atoms with E-state index >= 15 is 0 Å². The molecule has 4 aromatic rings. The van der Waals surface area contributed by atoms with Gasteiger partial charge in [-0.15, -0.1) is 0 Å². The van der Waals surface area contributed by atoms with Crippen LogP contribution in [0.5, 0.6) is 0 Å². The quantitative estimate of drug-likeness (QED) is 0.496. The second-order valence-corrected chi connectivity index (χ2v) is 9.50. The molecule has 0 bridgehead atoms. The second-order valence-electron chi connectivity index (χ2n) is 9.10. The van der Waals surface area contributed by atoms with Crippen LogP contribution in [-0.2, 0) is 4.74 Å². The van der Waals surface area contributed by atoms with Crippen LogP contribution in [-0.4, -0.2) is 50.4 Å². The Kier molecular flexibility index (Phi) is 4.27. The van der Waals surface area contributed by atoms with Gasteiger partial charge in [-0.05, 0) is 56.2 Å². The third kappa shape index (κ3) is 3.02. The van der Waals surface area contributed by atoms with E-state index in [1.807, 2.05) is 18.5 Å². The molecule has 1 atom stereocenters. The summed E-state index contributed by atoms with van der Waals surface area (Å²) < 4.78 is 8.01. The lowest BCUT2D eigenvalue weighted by Gasteiger charge is -2.39. The number of piperidine rings is 1. The van der Waals surface area contributed by atoms with Crippen molar-refractivity contribution in [1.29, 1.82) is 0 Å². The highest BCUT2D eigenvalue weighted by Crippen LogP contribution is 2.43. The lowest BCUT2D eigenvalue weighted by Crippen LogP contribution is -2.41. The fraction of sp³-hybridized carbons (Fsp3) is 0.435. The van der Waals surface area contributed by atoms with Gasteiger partial charge in [-0.1, -0.05) is 11.6 Å². The average Bonchev–Trinajstić information content (AvgIpc) is 3.49. The summed E-state index contributed by atoms with van der Waals surface area (Å²) in [4.78, 5) is 12.1. The molecule has 160 valence electrons. The van der Waals surface area contributed by atoms with Crippen molar-refractivity contribution in [2.24, 2.45) is 5.41 Å². The van der Waals surface area contributed by atoms with E-state index < -0.39 is 0 Å².